The van der Waals surface area contributed by atoms with Gasteiger partial charge < -0.3 is 19.9 Å². The summed E-state index contributed by atoms with van der Waals surface area (Å²) in [5, 5.41) is 0. The third kappa shape index (κ3) is 2.71. The zero-order chi connectivity index (χ0) is 19.5. The fraction of sp³-hybridized carbons (Fsp3) is 0.500. The molecule has 1 amide bonds. The summed E-state index contributed by atoms with van der Waals surface area (Å²) in [7, 11) is 0. The largest absolute Gasteiger partial charge is 0.384 e. The van der Waals surface area contributed by atoms with Crippen LogP contribution >= 0.6 is 0 Å². The molecule has 2 aromatic rings. The van der Waals surface area contributed by atoms with E-state index in [0.29, 0.717) is 50.3 Å². The molecule has 5 heterocycles. The van der Waals surface area contributed by atoms with Gasteiger partial charge in [-0.3, -0.25) is 9.59 Å². The number of nitrogen functional groups attached to an aromatic ring is 1. The number of piperidine rings is 1. The smallest absolute Gasteiger partial charge is 0.251 e. The van der Waals surface area contributed by atoms with Gasteiger partial charge in [-0.05, 0) is 25.3 Å². The molecule has 3 aliphatic rings. The molecule has 0 saturated carbocycles. The predicted octanol–water partition coefficient (Wildman–Crippen LogP) is 0.870. The number of hydrogen-bond donors (Lipinski definition) is 1. The lowest BCUT2D eigenvalue weighted by molar-refractivity contribution is -0.171. The van der Waals surface area contributed by atoms with Crippen LogP contribution in [0.4, 0.5) is 5.82 Å². The highest BCUT2D eigenvalue weighted by Crippen LogP contribution is 2.39. The van der Waals surface area contributed by atoms with Gasteiger partial charge in [-0.15, -0.1) is 0 Å². The second-order valence-corrected chi connectivity index (χ2v) is 8.51. The molecule has 2 saturated heterocycles. The van der Waals surface area contributed by atoms with E-state index >= 15 is 0 Å². The Morgan fingerprint density at radius 2 is 2.04 bits per heavy atom. The molecule has 0 unspecified atom stereocenters. The average molecular weight is 381 g/mol. The van der Waals surface area contributed by atoms with Gasteiger partial charge in [0.25, 0.3) is 5.56 Å². The fourth-order valence-electron chi connectivity index (χ4n) is 4.72. The van der Waals surface area contributed by atoms with Crippen LogP contribution in [0.3, 0.4) is 0 Å². The van der Waals surface area contributed by atoms with E-state index in [1.165, 1.54) is 6.33 Å². The maximum absolute atomic E-state index is 13.0. The van der Waals surface area contributed by atoms with Crippen LogP contribution in [0.1, 0.15) is 25.0 Å². The molecule has 0 aromatic carbocycles. The number of anilines is 1. The van der Waals surface area contributed by atoms with Gasteiger partial charge in [-0.2, -0.15) is 0 Å². The minimum atomic E-state index is -0.397. The molecule has 8 heteroatoms. The zero-order valence-electron chi connectivity index (χ0n) is 15.8. The van der Waals surface area contributed by atoms with Crippen molar-refractivity contribution in [2.45, 2.75) is 25.8 Å². The van der Waals surface area contributed by atoms with Crippen molar-refractivity contribution < 1.29 is 9.53 Å². The van der Waals surface area contributed by atoms with Crippen molar-refractivity contribution in [2.24, 2.45) is 11.3 Å². The van der Waals surface area contributed by atoms with E-state index in [2.05, 4.69) is 9.97 Å². The van der Waals surface area contributed by atoms with Crippen molar-refractivity contribution in [3.05, 3.63) is 40.6 Å². The maximum Gasteiger partial charge on any atom is 0.251 e. The number of amides is 1. The summed E-state index contributed by atoms with van der Waals surface area (Å²) < 4.78 is 7.14. The van der Waals surface area contributed by atoms with Crippen LogP contribution in [0.2, 0.25) is 0 Å². The minimum Gasteiger partial charge on any atom is -0.384 e. The number of pyridine rings is 1. The van der Waals surface area contributed by atoms with Gasteiger partial charge in [-0.1, -0.05) is 0 Å². The number of hydrogen-bond acceptors (Lipinski definition) is 6. The van der Waals surface area contributed by atoms with E-state index in [9.17, 15) is 9.59 Å². The number of aromatic nitrogens is 3. The highest BCUT2D eigenvalue weighted by molar-refractivity contribution is 5.83. The van der Waals surface area contributed by atoms with Crippen LogP contribution in [0, 0.1) is 11.3 Å². The fourth-order valence-corrected chi connectivity index (χ4v) is 4.72. The molecule has 146 valence electrons. The molecule has 28 heavy (non-hydrogen) atoms. The Morgan fingerprint density at radius 3 is 2.75 bits per heavy atom. The number of fused-ring (bicyclic) bond motifs is 4. The van der Waals surface area contributed by atoms with E-state index in [-0.39, 0.29) is 17.4 Å². The summed E-state index contributed by atoms with van der Waals surface area (Å²) in [6, 6.07) is 5.31. The van der Waals surface area contributed by atoms with Gasteiger partial charge in [0.15, 0.2) is 0 Å². The highest BCUT2D eigenvalue weighted by Gasteiger charge is 2.46. The van der Waals surface area contributed by atoms with Crippen LogP contribution in [0.25, 0.3) is 11.3 Å². The molecular formula is C20H23N5O3. The van der Waals surface area contributed by atoms with Gasteiger partial charge in [0.2, 0.25) is 5.91 Å². The van der Waals surface area contributed by atoms with Crippen molar-refractivity contribution >= 4 is 11.7 Å². The molecule has 2 atom stereocenters. The molecule has 2 bridgehead atoms. The number of carbonyl (C=O) groups excluding carboxylic acids is 1. The quantitative estimate of drug-likeness (QED) is 0.828. The lowest BCUT2D eigenvalue weighted by atomic mass is 9.80. The van der Waals surface area contributed by atoms with Gasteiger partial charge >= 0.3 is 0 Å². The van der Waals surface area contributed by atoms with Crippen molar-refractivity contribution in [1.82, 2.24) is 19.4 Å². The molecule has 2 fully saturated rings. The first-order valence-corrected chi connectivity index (χ1v) is 9.63. The number of likely N-dealkylation sites (tertiary alicyclic amines) is 1. The number of carbonyl (C=O) groups is 1. The molecule has 2 N–H and O–H groups in total. The summed E-state index contributed by atoms with van der Waals surface area (Å²) in [4.78, 5) is 35.9. The second kappa shape index (κ2) is 6.13. The Labute approximate surface area is 162 Å². The number of nitrogens with two attached hydrogens (primary N) is 1. The van der Waals surface area contributed by atoms with Crippen LogP contribution < -0.4 is 11.3 Å². The van der Waals surface area contributed by atoms with Crippen LogP contribution in [0.15, 0.2) is 29.3 Å². The zero-order valence-corrected chi connectivity index (χ0v) is 15.8. The summed E-state index contributed by atoms with van der Waals surface area (Å²) in [5.41, 5.74) is 7.70. The summed E-state index contributed by atoms with van der Waals surface area (Å²) in [6.07, 6.45) is 2.39. The normalized spacial score (nSPS) is 25.0. The Bertz CT molecular complexity index is 1010. The SMILES string of the molecule is CC1(C(=O)N2C[C@@H]3C[C@H](C2)c2cc(-c4cc(N)ncn4)cc(=O)n2C3)COC1. The first kappa shape index (κ1) is 17.4. The van der Waals surface area contributed by atoms with Crippen LogP contribution in [-0.2, 0) is 16.1 Å². The Morgan fingerprint density at radius 1 is 1.21 bits per heavy atom. The van der Waals surface area contributed by atoms with E-state index in [0.717, 1.165) is 17.7 Å². The minimum absolute atomic E-state index is 0.0292. The molecule has 5 rings (SSSR count). The lowest BCUT2D eigenvalue weighted by Crippen LogP contribution is -2.57. The second-order valence-electron chi connectivity index (χ2n) is 8.51. The molecular weight excluding hydrogens is 358 g/mol. The van der Waals surface area contributed by atoms with E-state index in [1.807, 2.05) is 22.5 Å². The Hall–Kier alpha value is -2.74. The van der Waals surface area contributed by atoms with E-state index in [1.54, 1.807) is 12.1 Å². The molecule has 8 nitrogen and oxygen atoms in total. The standard InChI is InChI=1S/C20H23N5O3/c1-20(9-28-10-20)19(27)24-6-12-2-14(8-24)16-3-13(4-18(26)25(16)7-12)15-5-17(21)23-11-22-15/h3-5,11-12,14H,2,6-10H2,1H3,(H2,21,22,23)/t12-,14+/m0/s1. The molecule has 2 aromatic heterocycles. The first-order valence-electron chi connectivity index (χ1n) is 9.63. The van der Waals surface area contributed by atoms with Gasteiger partial charge in [0, 0.05) is 48.9 Å². The highest BCUT2D eigenvalue weighted by atomic mass is 16.5. The Balaban J connectivity index is 1.50. The van der Waals surface area contributed by atoms with Gasteiger partial charge in [0.1, 0.15) is 12.1 Å². The summed E-state index contributed by atoms with van der Waals surface area (Å²) in [5.74, 6) is 0.989. The average Bonchev–Trinajstić information content (AvgIpc) is 2.66. The predicted molar refractivity (Wildman–Crippen MR) is 102 cm³/mol. The first-order chi connectivity index (χ1) is 13.4. The van der Waals surface area contributed by atoms with Crippen LogP contribution in [-0.4, -0.2) is 51.6 Å². The molecule has 0 radical (unpaired) electrons. The third-order valence-electron chi connectivity index (χ3n) is 6.19. The van der Waals surface area contributed by atoms with Gasteiger partial charge in [-0.25, -0.2) is 9.97 Å². The van der Waals surface area contributed by atoms with Crippen molar-refractivity contribution in [2.75, 3.05) is 32.0 Å². The molecule has 0 spiro atoms. The lowest BCUT2D eigenvalue weighted by Gasteiger charge is -2.47. The molecule has 0 aliphatic carbocycles. The van der Waals surface area contributed by atoms with Crippen LogP contribution in [0.5, 0.6) is 0 Å². The molecule has 3 aliphatic heterocycles. The van der Waals surface area contributed by atoms with Crippen molar-refractivity contribution in [3.63, 3.8) is 0 Å². The monoisotopic (exact) mass is 381 g/mol. The van der Waals surface area contributed by atoms with Crippen molar-refractivity contribution in [3.8, 4) is 11.3 Å². The number of rotatable bonds is 2. The third-order valence-corrected chi connectivity index (χ3v) is 6.19. The number of ether oxygens (including phenoxy) is 1. The van der Waals surface area contributed by atoms with Crippen molar-refractivity contribution in [1.29, 1.82) is 0 Å². The topological polar surface area (TPSA) is 103 Å². The summed E-state index contributed by atoms with van der Waals surface area (Å²) in [6.45, 7) is 4.95. The van der Waals surface area contributed by atoms with E-state index < -0.39 is 5.41 Å². The van der Waals surface area contributed by atoms with Gasteiger partial charge in [0.05, 0.1) is 24.3 Å². The Kier molecular flexibility index (Phi) is 3.80. The maximum atomic E-state index is 13.0. The number of nitrogens with zero attached hydrogens (tertiary/aromatic N) is 4. The summed E-state index contributed by atoms with van der Waals surface area (Å²) >= 11 is 0. The van der Waals surface area contributed by atoms with E-state index in [4.69, 9.17) is 10.5 Å².